The predicted octanol–water partition coefficient (Wildman–Crippen LogP) is 18.4. The summed E-state index contributed by atoms with van der Waals surface area (Å²) < 4.78 is 0. The van der Waals surface area contributed by atoms with Gasteiger partial charge in [-0.3, -0.25) is 14.4 Å². The molecule has 0 unspecified atom stereocenters. The van der Waals surface area contributed by atoms with Gasteiger partial charge in [-0.15, -0.1) is 0 Å². The maximum absolute atomic E-state index is 12.5. The first-order valence-corrected chi connectivity index (χ1v) is 33.4. The maximum atomic E-state index is 12.5. The molecule has 2 rings (SSSR count). The van der Waals surface area contributed by atoms with Gasteiger partial charge in [0.15, 0.2) is 0 Å². The van der Waals surface area contributed by atoms with E-state index in [2.05, 4.69) is 40.8 Å². The van der Waals surface area contributed by atoms with Crippen LogP contribution >= 0.6 is 0 Å². The summed E-state index contributed by atoms with van der Waals surface area (Å²) in [5, 5.41) is 3.46. The Kier molecular flexibility index (Phi) is 54.6. The highest BCUT2D eigenvalue weighted by molar-refractivity contribution is 5.79. The number of nitrogens with zero attached hydrogens (tertiary/aromatic N) is 3. The van der Waals surface area contributed by atoms with Crippen LogP contribution in [0.1, 0.15) is 335 Å². The molecule has 73 heavy (non-hydrogen) atoms. The van der Waals surface area contributed by atoms with Crippen LogP contribution in [0.25, 0.3) is 0 Å². The molecule has 0 aliphatic carbocycles. The zero-order valence-electron chi connectivity index (χ0n) is 50.0. The minimum atomic E-state index is 0.459. The van der Waals surface area contributed by atoms with Crippen molar-refractivity contribution >= 4 is 17.3 Å². The van der Waals surface area contributed by atoms with E-state index in [0.29, 0.717) is 17.3 Å². The number of rotatable bonds is 51. The Morgan fingerprint density at radius 2 is 0.493 bits per heavy atom. The average molecular weight is 1030 g/mol. The number of hydrogen-bond acceptors (Lipinski definition) is 7. The first-order valence-electron chi connectivity index (χ1n) is 33.4. The normalized spacial score (nSPS) is 15.3. The average Bonchev–Trinajstić information content (AvgIpc) is 3.37. The van der Waals surface area contributed by atoms with Gasteiger partial charge in [-0.1, -0.05) is 252 Å². The van der Waals surface area contributed by atoms with E-state index in [9.17, 15) is 14.4 Å². The van der Waals surface area contributed by atoms with Crippen molar-refractivity contribution in [1.29, 1.82) is 0 Å². The zero-order valence-corrected chi connectivity index (χ0v) is 50.0. The number of nitrogens with one attached hydrogen (secondary N) is 1. The number of ketones is 3. The molecule has 0 aromatic carbocycles. The van der Waals surface area contributed by atoms with E-state index >= 15 is 0 Å². The molecule has 2 saturated heterocycles. The van der Waals surface area contributed by atoms with Crippen LogP contribution in [0.3, 0.4) is 0 Å². The second kappa shape index (κ2) is 57.0. The molecule has 2 fully saturated rings. The van der Waals surface area contributed by atoms with Crippen LogP contribution in [0.5, 0.6) is 0 Å². The van der Waals surface area contributed by atoms with Crippen molar-refractivity contribution in [3.63, 3.8) is 0 Å². The van der Waals surface area contributed by atoms with Gasteiger partial charge in [0.05, 0.1) is 0 Å². The minimum absolute atomic E-state index is 0.459. The Morgan fingerprint density at radius 1 is 0.260 bits per heavy atom. The molecule has 0 radical (unpaired) electrons. The number of carbonyl (C=O) groups excluding carboxylic acids is 3. The van der Waals surface area contributed by atoms with Gasteiger partial charge in [0, 0.05) is 84.3 Å². The van der Waals surface area contributed by atoms with Crippen LogP contribution < -0.4 is 5.32 Å². The van der Waals surface area contributed by atoms with Crippen LogP contribution in [0.4, 0.5) is 0 Å². The number of carbonyl (C=O) groups is 3. The quantitative estimate of drug-likeness (QED) is 0.0609. The highest BCUT2D eigenvalue weighted by atomic mass is 16.1. The standard InChI is InChI=1S/C42H82N2O2.C24H48N2O/c1-3-5-7-9-11-13-15-17-19-21-23-25-27-31-41(45)33-37-43-35-29-30-36-44(40-39-43)38-34-42(46)32-28-26-24-22-20-18-16-14-12-10-8-6-4-2;1-2-3-4-5-6-7-8-9-10-11-12-13-14-17-24(27)18-22-26-21-16-15-19-25-20-23-26/h3-40H2,1-2H3;25H,2-23H2,1H3. The summed E-state index contributed by atoms with van der Waals surface area (Å²) >= 11 is 0. The first-order chi connectivity index (χ1) is 36.0. The number of unbranched alkanes of at least 4 members (excludes halogenated alkanes) is 36. The highest BCUT2D eigenvalue weighted by Gasteiger charge is 2.16. The molecule has 2 aliphatic heterocycles. The summed E-state index contributed by atoms with van der Waals surface area (Å²) in [5.41, 5.74) is 0. The van der Waals surface area contributed by atoms with Crippen LogP contribution in [0.15, 0.2) is 0 Å². The molecule has 7 nitrogen and oxygen atoms in total. The molecular weight excluding hydrogens is 897 g/mol. The third-order valence-corrected chi connectivity index (χ3v) is 16.4. The smallest absolute Gasteiger partial charge is 0.134 e. The molecule has 2 heterocycles. The van der Waals surface area contributed by atoms with Gasteiger partial charge in [-0.25, -0.2) is 0 Å². The topological polar surface area (TPSA) is 73.0 Å². The number of Topliss-reactive ketones (excluding diaryl/α,β-unsaturated/α-hetero) is 3. The second-order valence-electron chi connectivity index (χ2n) is 23.5. The fourth-order valence-electron chi connectivity index (χ4n) is 11.2. The SMILES string of the molecule is CCCCCCCCCCCCCCCC(=O)CCN1CCCCN(CCC(=O)CCCCCCCCCCCCCCC)CC1.CCCCCCCCCCCCCCCC(=O)CCN1CCCCNCC1. The molecule has 0 saturated carbocycles. The Bertz CT molecular complexity index is 1100. The Labute approximate surface area is 457 Å². The Hall–Kier alpha value is -1.15. The monoisotopic (exact) mass is 1030 g/mol. The largest absolute Gasteiger partial charge is 0.315 e. The van der Waals surface area contributed by atoms with E-state index in [1.165, 1.54) is 263 Å². The highest BCUT2D eigenvalue weighted by Crippen LogP contribution is 2.17. The van der Waals surface area contributed by atoms with E-state index in [0.717, 1.165) is 123 Å². The summed E-state index contributed by atoms with van der Waals surface area (Å²) in [4.78, 5) is 44.7. The van der Waals surface area contributed by atoms with Gasteiger partial charge in [0.25, 0.3) is 0 Å². The van der Waals surface area contributed by atoms with Crippen molar-refractivity contribution in [2.75, 3.05) is 72.0 Å². The van der Waals surface area contributed by atoms with E-state index in [4.69, 9.17) is 0 Å². The molecule has 0 atom stereocenters. The lowest BCUT2D eigenvalue weighted by molar-refractivity contribution is -0.120. The zero-order chi connectivity index (χ0) is 52.6. The molecule has 0 spiro atoms. The third-order valence-electron chi connectivity index (χ3n) is 16.4. The van der Waals surface area contributed by atoms with Crippen LogP contribution in [-0.4, -0.2) is 104 Å². The lowest BCUT2D eigenvalue weighted by atomic mass is 10.0. The van der Waals surface area contributed by atoms with E-state index in [-0.39, 0.29) is 0 Å². The van der Waals surface area contributed by atoms with Gasteiger partial charge in [0.2, 0.25) is 0 Å². The molecule has 7 heteroatoms. The Morgan fingerprint density at radius 3 is 0.767 bits per heavy atom. The molecule has 0 aromatic rings. The van der Waals surface area contributed by atoms with Crippen molar-refractivity contribution in [1.82, 2.24) is 20.0 Å². The minimum Gasteiger partial charge on any atom is -0.315 e. The van der Waals surface area contributed by atoms with Gasteiger partial charge in [-0.2, -0.15) is 0 Å². The van der Waals surface area contributed by atoms with Crippen LogP contribution in [0, 0.1) is 0 Å². The predicted molar refractivity (Wildman–Crippen MR) is 320 cm³/mol. The molecule has 2 aliphatic rings. The molecule has 1 N–H and O–H groups in total. The van der Waals surface area contributed by atoms with Crippen molar-refractivity contribution in [3.05, 3.63) is 0 Å². The summed E-state index contributed by atoms with van der Waals surface area (Å²) in [6.07, 6.45) is 62.5. The lowest BCUT2D eigenvalue weighted by Gasteiger charge is -2.30. The molecule has 0 aromatic heterocycles. The van der Waals surface area contributed by atoms with Gasteiger partial charge in [0.1, 0.15) is 17.3 Å². The summed E-state index contributed by atoms with van der Waals surface area (Å²) in [7, 11) is 0. The Balaban J connectivity index is 0.000000836. The van der Waals surface area contributed by atoms with E-state index in [1.807, 2.05) is 0 Å². The van der Waals surface area contributed by atoms with Crippen molar-refractivity contribution in [2.45, 2.75) is 335 Å². The molecule has 0 amide bonds. The van der Waals surface area contributed by atoms with Gasteiger partial charge in [-0.05, 0) is 71.1 Å². The lowest BCUT2D eigenvalue weighted by Crippen LogP contribution is -2.40. The molecular formula is C66H130N4O3. The maximum Gasteiger partial charge on any atom is 0.134 e. The second-order valence-corrected chi connectivity index (χ2v) is 23.5. The fraction of sp³-hybridized carbons (Fsp3) is 0.955. The van der Waals surface area contributed by atoms with E-state index < -0.39 is 0 Å². The van der Waals surface area contributed by atoms with E-state index in [1.54, 1.807) is 0 Å². The summed E-state index contributed by atoms with van der Waals surface area (Å²) in [6, 6.07) is 0. The molecule has 432 valence electrons. The third kappa shape index (κ3) is 51.4. The summed E-state index contributed by atoms with van der Waals surface area (Å²) in [6.45, 7) is 18.5. The fourth-order valence-corrected chi connectivity index (χ4v) is 11.2. The van der Waals surface area contributed by atoms with Gasteiger partial charge >= 0.3 is 0 Å². The van der Waals surface area contributed by atoms with Crippen molar-refractivity contribution in [2.24, 2.45) is 0 Å². The van der Waals surface area contributed by atoms with Crippen molar-refractivity contribution in [3.8, 4) is 0 Å². The molecule has 0 bridgehead atoms. The number of hydrogen-bond donors (Lipinski definition) is 1. The summed E-state index contributed by atoms with van der Waals surface area (Å²) in [5.74, 6) is 1.40. The van der Waals surface area contributed by atoms with Crippen LogP contribution in [-0.2, 0) is 14.4 Å². The first kappa shape index (κ1) is 69.9. The van der Waals surface area contributed by atoms with Crippen molar-refractivity contribution < 1.29 is 14.4 Å². The van der Waals surface area contributed by atoms with Gasteiger partial charge < -0.3 is 20.0 Å². The van der Waals surface area contributed by atoms with Crippen LogP contribution in [0.2, 0.25) is 0 Å².